The molecule has 0 aromatic heterocycles. The van der Waals surface area contributed by atoms with Crippen LogP contribution in [0.3, 0.4) is 0 Å². The molecule has 0 spiro atoms. The second-order valence-corrected chi connectivity index (χ2v) is 7.00. The standard InChI is InChI=1S/C17H16N2O4S/c20-17(14-6-8-16(9-7-14)24(21,22)23)19-18-11-12-4-5-13-2-1-3-15(13)10-12/h4-11H,1-3H2,(H,19,20)(H,21,22,23)/b18-11+. The molecular formula is C17H16N2O4S. The lowest BCUT2D eigenvalue weighted by Crippen LogP contribution is -2.17. The molecule has 2 aromatic rings. The first-order valence-electron chi connectivity index (χ1n) is 7.46. The molecule has 0 heterocycles. The van der Waals surface area contributed by atoms with Crippen LogP contribution in [-0.4, -0.2) is 25.1 Å². The molecule has 0 saturated carbocycles. The summed E-state index contributed by atoms with van der Waals surface area (Å²) in [6, 6.07) is 11.1. The van der Waals surface area contributed by atoms with Crippen LogP contribution in [0.4, 0.5) is 0 Å². The number of fused-ring (bicyclic) bond motifs is 1. The van der Waals surface area contributed by atoms with Crippen LogP contribution in [0.25, 0.3) is 0 Å². The summed E-state index contributed by atoms with van der Waals surface area (Å²) in [4.78, 5) is 11.7. The lowest BCUT2D eigenvalue weighted by Gasteiger charge is -2.02. The Bertz CT molecular complexity index is 903. The number of nitrogens with zero attached hydrogens (tertiary/aromatic N) is 1. The number of carbonyl (C=O) groups is 1. The third-order valence-corrected chi connectivity index (χ3v) is 4.78. The topological polar surface area (TPSA) is 95.8 Å². The Kier molecular flexibility index (Phi) is 4.46. The van der Waals surface area contributed by atoms with Gasteiger partial charge in [-0.2, -0.15) is 13.5 Å². The molecule has 0 atom stereocenters. The Labute approximate surface area is 140 Å². The van der Waals surface area contributed by atoms with Crippen LogP contribution in [0.2, 0.25) is 0 Å². The van der Waals surface area contributed by atoms with Crippen molar-refractivity contribution >= 4 is 22.2 Å². The van der Waals surface area contributed by atoms with Crippen molar-refractivity contribution in [3.8, 4) is 0 Å². The minimum atomic E-state index is -4.26. The molecule has 0 aliphatic heterocycles. The normalized spacial score (nSPS) is 13.9. The molecule has 0 saturated heterocycles. The summed E-state index contributed by atoms with van der Waals surface area (Å²) >= 11 is 0. The first-order chi connectivity index (χ1) is 11.4. The van der Waals surface area contributed by atoms with Crippen molar-refractivity contribution in [2.45, 2.75) is 24.2 Å². The molecule has 2 N–H and O–H groups in total. The molecule has 1 amide bonds. The molecule has 2 aromatic carbocycles. The third-order valence-electron chi connectivity index (χ3n) is 3.92. The summed E-state index contributed by atoms with van der Waals surface area (Å²) in [5.74, 6) is -0.464. The summed E-state index contributed by atoms with van der Waals surface area (Å²) in [6.45, 7) is 0. The first kappa shape index (κ1) is 16.4. The van der Waals surface area contributed by atoms with E-state index in [1.165, 1.54) is 29.7 Å². The van der Waals surface area contributed by atoms with Crippen LogP contribution in [0.15, 0.2) is 52.5 Å². The molecular weight excluding hydrogens is 328 g/mol. The fourth-order valence-corrected chi connectivity index (χ4v) is 3.16. The van der Waals surface area contributed by atoms with Crippen LogP contribution in [0.5, 0.6) is 0 Å². The van der Waals surface area contributed by atoms with Gasteiger partial charge >= 0.3 is 0 Å². The highest BCUT2D eigenvalue weighted by atomic mass is 32.2. The van der Waals surface area contributed by atoms with E-state index in [0.29, 0.717) is 0 Å². The van der Waals surface area contributed by atoms with Crippen LogP contribution in [0.1, 0.15) is 33.5 Å². The maximum atomic E-state index is 11.9. The molecule has 24 heavy (non-hydrogen) atoms. The summed E-state index contributed by atoms with van der Waals surface area (Å²) in [5.41, 5.74) is 6.25. The van der Waals surface area contributed by atoms with Gasteiger partial charge in [0.2, 0.25) is 0 Å². The van der Waals surface area contributed by atoms with Crippen molar-refractivity contribution in [3.63, 3.8) is 0 Å². The van der Waals surface area contributed by atoms with E-state index in [2.05, 4.69) is 22.7 Å². The Morgan fingerprint density at radius 2 is 1.79 bits per heavy atom. The largest absolute Gasteiger partial charge is 0.294 e. The van der Waals surface area contributed by atoms with Gasteiger partial charge in [0.25, 0.3) is 16.0 Å². The van der Waals surface area contributed by atoms with E-state index in [0.717, 1.165) is 30.5 Å². The zero-order chi connectivity index (χ0) is 17.2. The molecule has 0 fully saturated rings. The number of carbonyl (C=O) groups excluding carboxylic acids is 1. The highest BCUT2D eigenvalue weighted by Gasteiger charge is 2.11. The quantitative estimate of drug-likeness (QED) is 0.505. The second kappa shape index (κ2) is 6.54. The molecule has 124 valence electrons. The van der Waals surface area contributed by atoms with Crippen LogP contribution in [0, 0.1) is 0 Å². The lowest BCUT2D eigenvalue weighted by atomic mass is 10.1. The summed E-state index contributed by atoms with van der Waals surface area (Å²) in [6.07, 6.45) is 4.93. The second-order valence-electron chi connectivity index (χ2n) is 5.58. The van der Waals surface area contributed by atoms with Crippen molar-refractivity contribution < 1.29 is 17.8 Å². The molecule has 0 unspecified atom stereocenters. The van der Waals surface area contributed by atoms with Gasteiger partial charge in [-0.05, 0) is 66.3 Å². The number of nitrogens with one attached hydrogen (secondary N) is 1. The Morgan fingerprint density at radius 3 is 2.50 bits per heavy atom. The van der Waals surface area contributed by atoms with Crippen LogP contribution >= 0.6 is 0 Å². The fraction of sp³-hybridized carbons (Fsp3) is 0.176. The molecule has 0 radical (unpaired) electrons. The summed E-state index contributed by atoms with van der Waals surface area (Å²) in [5, 5.41) is 3.92. The zero-order valence-electron chi connectivity index (χ0n) is 12.8. The zero-order valence-corrected chi connectivity index (χ0v) is 13.6. The van der Waals surface area contributed by atoms with Gasteiger partial charge in [0.05, 0.1) is 11.1 Å². The van der Waals surface area contributed by atoms with Gasteiger partial charge in [-0.15, -0.1) is 0 Å². The summed E-state index contributed by atoms with van der Waals surface area (Å²) in [7, 11) is -4.26. The predicted octanol–water partition coefficient (Wildman–Crippen LogP) is 2.19. The molecule has 1 aliphatic rings. The highest BCUT2D eigenvalue weighted by molar-refractivity contribution is 7.85. The van der Waals surface area contributed by atoms with E-state index in [1.54, 1.807) is 6.21 Å². The van der Waals surface area contributed by atoms with Gasteiger partial charge < -0.3 is 0 Å². The van der Waals surface area contributed by atoms with E-state index in [9.17, 15) is 13.2 Å². The van der Waals surface area contributed by atoms with E-state index in [1.807, 2.05) is 6.07 Å². The Hall–Kier alpha value is -2.51. The number of aryl methyl sites for hydroxylation is 2. The number of hydrazone groups is 1. The van der Waals surface area contributed by atoms with Crippen molar-refractivity contribution in [2.24, 2.45) is 5.10 Å². The van der Waals surface area contributed by atoms with Gasteiger partial charge in [-0.3, -0.25) is 9.35 Å². The summed E-state index contributed by atoms with van der Waals surface area (Å²) < 4.78 is 30.8. The molecule has 7 heteroatoms. The minimum Gasteiger partial charge on any atom is -0.282 e. The van der Waals surface area contributed by atoms with Crippen molar-refractivity contribution in [1.29, 1.82) is 0 Å². The van der Waals surface area contributed by atoms with Crippen molar-refractivity contribution in [1.82, 2.24) is 5.43 Å². The fourth-order valence-electron chi connectivity index (χ4n) is 2.68. The van der Waals surface area contributed by atoms with Crippen LogP contribution < -0.4 is 5.43 Å². The van der Waals surface area contributed by atoms with Crippen molar-refractivity contribution in [2.75, 3.05) is 0 Å². The first-order valence-corrected chi connectivity index (χ1v) is 8.90. The van der Waals surface area contributed by atoms with Crippen LogP contribution in [-0.2, 0) is 23.0 Å². The molecule has 6 nitrogen and oxygen atoms in total. The molecule has 1 aliphatic carbocycles. The molecule has 0 bridgehead atoms. The lowest BCUT2D eigenvalue weighted by molar-refractivity contribution is 0.0955. The smallest absolute Gasteiger partial charge is 0.282 e. The highest BCUT2D eigenvalue weighted by Crippen LogP contribution is 2.22. The number of amides is 1. The third kappa shape index (κ3) is 3.69. The minimum absolute atomic E-state index is 0.244. The van der Waals surface area contributed by atoms with Gasteiger partial charge in [0.15, 0.2) is 0 Å². The SMILES string of the molecule is O=C(N/N=C/c1ccc2c(c1)CCC2)c1ccc(S(=O)(=O)O)cc1. The van der Waals surface area contributed by atoms with Gasteiger partial charge in [0, 0.05) is 5.56 Å². The average molecular weight is 344 g/mol. The van der Waals surface area contributed by atoms with Gasteiger partial charge in [-0.25, -0.2) is 5.43 Å². The van der Waals surface area contributed by atoms with E-state index in [-0.39, 0.29) is 10.5 Å². The monoisotopic (exact) mass is 344 g/mol. The van der Waals surface area contributed by atoms with E-state index < -0.39 is 16.0 Å². The van der Waals surface area contributed by atoms with Gasteiger partial charge in [-0.1, -0.05) is 12.1 Å². The average Bonchev–Trinajstić information content (AvgIpc) is 3.02. The number of hydrogen-bond donors (Lipinski definition) is 2. The predicted molar refractivity (Wildman–Crippen MR) is 89.8 cm³/mol. The Morgan fingerprint density at radius 1 is 1.08 bits per heavy atom. The van der Waals surface area contributed by atoms with Crippen molar-refractivity contribution in [3.05, 3.63) is 64.7 Å². The molecule has 3 rings (SSSR count). The maximum Gasteiger partial charge on any atom is 0.294 e. The van der Waals surface area contributed by atoms with E-state index >= 15 is 0 Å². The number of benzene rings is 2. The van der Waals surface area contributed by atoms with Gasteiger partial charge in [0.1, 0.15) is 0 Å². The Balaban J connectivity index is 1.65. The number of rotatable bonds is 4. The maximum absolute atomic E-state index is 11.9. The number of hydrogen-bond acceptors (Lipinski definition) is 4. The van der Waals surface area contributed by atoms with E-state index in [4.69, 9.17) is 4.55 Å².